The molecule has 0 spiro atoms. The molecule has 0 radical (unpaired) electrons. The fourth-order valence-corrected chi connectivity index (χ4v) is 1.46. The number of carboxylic acids is 1. The van der Waals surface area contributed by atoms with E-state index in [-0.39, 0.29) is 13.0 Å². The first-order valence-electron chi connectivity index (χ1n) is 5.36. The molecule has 1 aromatic heterocycles. The Hall–Kier alpha value is -2.37. The largest absolute Gasteiger partial charge is 0.484 e. The van der Waals surface area contributed by atoms with E-state index in [4.69, 9.17) is 14.3 Å². The fourth-order valence-electron chi connectivity index (χ4n) is 1.46. The van der Waals surface area contributed by atoms with Gasteiger partial charge in [0.15, 0.2) is 6.61 Å². The maximum absolute atomic E-state index is 10.6. The Morgan fingerprint density at radius 2 is 2.28 bits per heavy atom. The Kier molecular flexibility index (Phi) is 3.57. The van der Waals surface area contributed by atoms with E-state index in [1.165, 1.54) is 0 Å². The lowest BCUT2D eigenvalue weighted by Crippen LogP contribution is -2.01. The zero-order chi connectivity index (χ0) is 13.0. The number of nitrogens with zero attached hydrogens (tertiary/aromatic N) is 2. The summed E-state index contributed by atoms with van der Waals surface area (Å²) in [5, 5.41) is 16.2. The molecular formula is C12H12N2O4. The van der Waals surface area contributed by atoms with E-state index in [1.807, 2.05) is 0 Å². The van der Waals surface area contributed by atoms with Crippen LogP contribution in [0, 0.1) is 6.92 Å². The van der Waals surface area contributed by atoms with Crippen LogP contribution >= 0.6 is 0 Å². The number of aromatic nitrogens is 2. The highest BCUT2D eigenvalue weighted by atomic mass is 16.5. The number of aryl methyl sites for hydroxylation is 1. The van der Waals surface area contributed by atoms with Crippen LogP contribution < -0.4 is 4.74 Å². The average molecular weight is 248 g/mol. The van der Waals surface area contributed by atoms with E-state index in [2.05, 4.69) is 10.2 Å². The van der Waals surface area contributed by atoms with Crippen molar-refractivity contribution in [3.05, 3.63) is 41.6 Å². The van der Waals surface area contributed by atoms with E-state index in [1.54, 1.807) is 31.2 Å². The average Bonchev–Trinajstić information content (AvgIpc) is 2.72. The van der Waals surface area contributed by atoms with Gasteiger partial charge in [-0.1, -0.05) is 12.1 Å². The molecule has 2 rings (SSSR count). The summed E-state index contributed by atoms with van der Waals surface area (Å²) in [6, 6.07) is 6.90. The maximum Gasteiger partial charge on any atom is 0.307 e. The summed E-state index contributed by atoms with van der Waals surface area (Å²) in [4.78, 5) is 10.6. The van der Waals surface area contributed by atoms with Crippen molar-refractivity contribution in [1.29, 1.82) is 0 Å². The normalized spacial score (nSPS) is 10.3. The third-order valence-electron chi connectivity index (χ3n) is 2.18. The molecule has 1 heterocycles. The van der Waals surface area contributed by atoms with Gasteiger partial charge in [-0.15, -0.1) is 10.2 Å². The molecule has 0 bridgehead atoms. The number of aliphatic carboxylic acids is 1. The van der Waals surface area contributed by atoms with Gasteiger partial charge in [0.2, 0.25) is 5.89 Å². The Bertz CT molecular complexity index is 551. The number of hydrogen-bond donors (Lipinski definition) is 1. The first-order valence-corrected chi connectivity index (χ1v) is 5.36. The van der Waals surface area contributed by atoms with Crippen molar-refractivity contribution in [1.82, 2.24) is 10.2 Å². The van der Waals surface area contributed by atoms with E-state index in [0.717, 1.165) is 0 Å². The van der Waals surface area contributed by atoms with Crippen LogP contribution in [0.15, 0.2) is 28.7 Å². The summed E-state index contributed by atoms with van der Waals surface area (Å²) < 4.78 is 10.6. The van der Waals surface area contributed by atoms with Gasteiger partial charge in [0.1, 0.15) is 5.75 Å². The lowest BCUT2D eigenvalue weighted by atomic mass is 10.1. The molecular weight excluding hydrogens is 236 g/mol. The van der Waals surface area contributed by atoms with Crippen LogP contribution in [0.2, 0.25) is 0 Å². The molecule has 0 aliphatic carbocycles. The molecule has 0 saturated carbocycles. The summed E-state index contributed by atoms with van der Waals surface area (Å²) in [5.41, 5.74) is 0.682. The minimum absolute atomic E-state index is 0.0309. The van der Waals surface area contributed by atoms with E-state index >= 15 is 0 Å². The van der Waals surface area contributed by atoms with Gasteiger partial charge in [0.25, 0.3) is 5.89 Å². The quantitative estimate of drug-likeness (QED) is 0.864. The minimum atomic E-state index is -0.875. The van der Waals surface area contributed by atoms with Crippen LogP contribution in [0.5, 0.6) is 5.75 Å². The van der Waals surface area contributed by atoms with Crippen molar-refractivity contribution in [2.75, 3.05) is 0 Å². The molecule has 18 heavy (non-hydrogen) atoms. The minimum Gasteiger partial charge on any atom is -0.484 e. The zero-order valence-corrected chi connectivity index (χ0v) is 9.79. The van der Waals surface area contributed by atoms with Crippen molar-refractivity contribution in [3.63, 3.8) is 0 Å². The highest BCUT2D eigenvalue weighted by Crippen LogP contribution is 2.15. The molecule has 0 atom stereocenters. The zero-order valence-electron chi connectivity index (χ0n) is 9.79. The van der Waals surface area contributed by atoms with E-state index < -0.39 is 5.97 Å². The summed E-state index contributed by atoms with van der Waals surface area (Å²) >= 11 is 0. The molecule has 0 aliphatic heterocycles. The standard InChI is InChI=1S/C12H12N2O4/c1-8-13-14-11(18-8)7-17-10-4-2-3-9(5-10)6-12(15)16/h2-5H,6-7H2,1H3,(H,15,16). The summed E-state index contributed by atoms with van der Waals surface area (Å²) in [6.07, 6.45) is -0.0309. The van der Waals surface area contributed by atoms with Gasteiger partial charge >= 0.3 is 5.97 Å². The number of hydrogen-bond acceptors (Lipinski definition) is 5. The number of carbonyl (C=O) groups is 1. The molecule has 94 valence electrons. The molecule has 1 aromatic carbocycles. The van der Waals surface area contributed by atoms with Crippen LogP contribution in [0.1, 0.15) is 17.3 Å². The first kappa shape index (κ1) is 12.1. The van der Waals surface area contributed by atoms with Gasteiger partial charge < -0.3 is 14.3 Å². The molecule has 1 N–H and O–H groups in total. The van der Waals surface area contributed by atoms with Crippen LogP contribution in [0.3, 0.4) is 0 Å². The van der Waals surface area contributed by atoms with Crippen LogP contribution in [0.25, 0.3) is 0 Å². The number of carboxylic acid groups (broad SMARTS) is 1. The Morgan fingerprint density at radius 1 is 1.44 bits per heavy atom. The molecule has 6 heteroatoms. The van der Waals surface area contributed by atoms with Gasteiger partial charge in [0, 0.05) is 6.92 Å². The second-order valence-corrected chi connectivity index (χ2v) is 3.72. The van der Waals surface area contributed by atoms with Crippen molar-refractivity contribution < 1.29 is 19.1 Å². The summed E-state index contributed by atoms with van der Waals surface area (Å²) in [5.74, 6) is 0.564. The first-order chi connectivity index (χ1) is 8.63. The van der Waals surface area contributed by atoms with Gasteiger partial charge in [-0.2, -0.15) is 0 Å². The lowest BCUT2D eigenvalue weighted by Gasteiger charge is -2.04. The van der Waals surface area contributed by atoms with Crippen molar-refractivity contribution in [3.8, 4) is 5.75 Å². The molecule has 6 nitrogen and oxygen atoms in total. The van der Waals surface area contributed by atoms with Crippen molar-refractivity contribution in [2.45, 2.75) is 20.0 Å². The summed E-state index contributed by atoms with van der Waals surface area (Å²) in [6.45, 7) is 1.86. The molecule has 0 unspecified atom stereocenters. The summed E-state index contributed by atoms with van der Waals surface area (Å²) in [7, 11) is 0. The van der Waals surface area contributed by atoms with Gasteiger partial charge in [-0.25, -0.2) is 0 Å². The Balaban J connectivity index is 1.98. The second kappa shape index (κ2) is 5.31. The SMILES string of the molecule is Cc1nnc(COc2cccc(CC(=O)O)c2)o1. The number of rotatable bonds is 5. The predicted molar refractivity (Wildman–Crippen MR) is 61.1 cm³/mol. The number of ether oxygens (including phenoxy) is 1. The Labute approximate surface area is 103 Å². The molecule has 0 amide bonds. The van der Waals surface area contributed by atoms with Gasteiger partial charge in [0.05, 0.1) is 6.42 Å². The molecule has 0 saturated heterocycles. The van der Waals surface area contributed by atoms with Crippen LogP contribution in [-0.4, -0.2) is 21.3 Å². The molecule has 0 aliphatic rings. The van der Waals surface area contributed by atoms with Crippen molar-refractivity contribution in [2.24, 2.45) is 0 Å². The third-order valence-corrected chi connectivity index (χ3v) is 2.18. The predicted octanol–water partition coefficient (Wildman–Crippen LogP) is 1.58. The maximum atomic E-state index is 10.6. The highest BCUT2D eigenvalue weighted by Gasteiger charge is 2.05. The molecule has 2 aromatic rings. The van der Waals surface area contributed by atoms with E-state index in [9.17, 15) is 4.79 Å². The highest BCUT2D eigenvalue weighted by molar-refractivity contribution is 5.70. The smallest absolute Gasteiger partial charge is 0.307 e. The van der Waals surface area contributed by atoms with Gasteiger partial charge in [-0.3, -0.25) is 4.79 Å². The Morgan fingerprint density at radius 3 is 2.94 bits per heavy atom. The fraction of sp³-hybridized carbons (Fsp3) is 0.250. The topological polar surface area (TPSA) is 85.5 Å². The molecule has 0 fully saturated rings. The van der Waals surface area contributed by atoms with Crippen molar-refractivity contribution >= 4 is 5.97 Å². The van der Waals surface area contributed by atoms with Crippen LogP contribution in [0.4, 0.5) is 0 Å². The van der Waals surface area contributed by atoms with Gasteiger partial charge in [-0.05, 0) is 17.7 Å². The van der Waals surface area contributed by atoms with Crippen LogP contribution in [-0.2, 0) is 17.8 Å². The van der Waals surface area contributed by atoms with E-state index in [0.29, 0.717) is 23.1 Å². The monoisotopic (exact) mass is 248 g/mol. The lowest BCUT2D eigenvalue weighted by molar-refractivity contribution is -0.136. The number of benzene rings is 1. The third kappa shape index (κ3) is 3.31. The second-order valence-electron chi connectivity index (χ2n) is 3.72.